The summed E-state index contributed by atoms with van der Waals surface area (Å²) < 4.78 is 29.0. The first-order valence-corrected chi connectivity index (χ1v) is 11.0. The van der Waals surface area contributed by atoms with Gasteiger partial charge in [-0.2, -0.15) is 0 Å². The molecule has 0 aliphatic heterocycles. The van der Waals surface area contributed by atoms with Crippen LogP contribution in [-0.4, -0.2) is 7.54 Å². The van der Waals surface area contributed by atoms with Crippen molar-refractivity contribution in [3.05, 3.63) is 121 Å². The summed E-state index contributed by atoms with van der Waals surface area (Å²) in [7, 11) is -5.57. The van der Waals surface area contributed by atoms with Crippen molar-refractivity contribution in [2.45, 2.75) is 0 Å². The van der Waals surface area contributed by atoms with E-state index in [4.69, 9.17) is 0 Å². The maximum absolute atomic E-state index is 9.67. The van der Waals surface area contributed by atoms with Crippen LogP contribution in [0.5, 0.6) is 0 Å². The van der Waals surface area contributed by atoms with Crippen LogP contribution < -0.4 is 25.9 Å². The molecule has 0 saturated carbocycles. The highest BCUT2D eigenvalue weighted by atomic mass is 31.2. The topological polar surface area (TPSA) is 0 Å². The Bertz CT molecular complexity index is 818. The lowest BCUT2D eigenvalue weighted by atomic mass is 10.3. The number of hydrogen-bond acceptors (Lipinski definition) is 0. The molecule has 0 nitrogen and oxygen atoms in total. The van der Waals surface area contributed by atoms with Crippen LogP contribution in [0.4, 0.5) is 12.9 Å². The SMILES string of the molecule is FB(F)F.[F-].c1ccc([P+](c2ccccc2)(c2ccccc2)c2ccccc2)cc1. The van der Waals surface area contributed by atoms with Crippen LogP contribution in [0, 0.1) is 0 Å². The second-order valence-electron chi connectivity index (χ2n) is 6.26. The fourth-order valence-corrected chi connectivity index (χ4v) is 7.77. The maximum atomic E-state index is 9.67. The largest absolute Gasteiger partial charge is 1.00 e. The van der Waals surface area contributed by atoms with Gasteiger partial charge in [-0.3, -0.25) is 12.9 Å². The van der Waals surface area contributed by atoms with Gasteiger partial charge in [0.1, 0.15) is 28.5 Å². The molecular formula is C24H20BF4P. The van der Waals surface area contributed by atoms with Crippen molar-refractivity contribution in [2.75, 3.05) is 0 Å². The van der Waals surface area contributed by atoms with E-state index in [2.05, 4.69) is 121 Å². The van der Waals surface area contributed by atoms with Gasteiger partial charge in [-0.05, 0) is 48.5 Å². The lowest BCUT2D eigenvalue weighted by Crippen LogP contribution is -3.00. The molecule has 0 amide bonds. The minimum absolute atomic E-state index is 0. The van der Waals surface area contributed by atoms with E-state index in [0.717, 1.165) is 0 Å². The zero-order valence-corrected chi connectivity index (χ0v) is 17.0. The monoisotopic (exact) mass is 426 g/mol. The molecule has 0 bridgehead atoms. The first-order chi connectivity index (χ1) is 14.2. The molecular weight excluding hydrogens is 406 g/mol. The highest BCUT2D eigenvalue weighted by Gasteiger charge is 2.47. The molecule has 152 valence electrons. The van der Waals surface area contributed by atoms with Crippen LogP contribution in [0.25, 0.3) is 0 Å². The number of halogens is 4. The molecule has 0 fully saturated rings. The summed E-state index contributed by atoms with van der Waals surface area (Å²) in [6.07, 6.45) is 0. The zero-order chi connectivity index (χ0) is 20.5. The van der Waals surface area contributed by atoms with E-state index >= 15 is 0 Å². The van der Waals surface area contributed by atoms with Crippen molar-refractivity contribution in [1.29, 1.82) is 0 Å². The Labute approximate surface area is 175 Å². The van der Waals surface area contributed by atoms with Crippen molar-refractivity contribution in [2.24, 2.45) is 0 Å². The molecule has 4 aromatic carbocycles. The van der Waals surface area contributed by atoms with E-state index in [1.807, 2.05) is 0 Å². The molecule has 0 radical (unpaired) electrons. The first kappa shape index (κ1) is 23.4. The van der Waals surface area contributed by atoms with Gasteiger partial charge in [-0.1, -0.05) is 72.8 Å². The lowest BCUT2D eigenvalue weighted by Gasteiger charge is -2.27. The van der Waals surface area contributed by atoms with E-state index in [9.17, 15) is 12.9 Å². The summed E-state index contributed by atoms with van der Waals surface area (Å²) in [4.78, 5) is 0. The number of rotatable bonds is 4. The minimum Gasteiger partial charge on any atom is -1.00 e. The summed E-state index contributed by atoms with van der Waals surface area (Å²) in [5, 5.41) is 5.55. The van der Waals surface area contributed by atoms with E-state index < -0.39 is 14.8 Å². The third-order valence-corrected chi connectivity index (χ3v) is 8.86. The molecule has 6 heteroatoms. The fraction of sp³-hybridized carbons (Fsp3) is 0. The minimum atomic E-state index is -3.67. The van der Waals surface area contributed by atoms with Crippen LogP contribution in [0.1, 0.15) is 0 Å². The molecule has 0 unspecified atom stereocenters. The predicted molar refractivity (Wildman–Crippen MR) is 120 cm³/mol. The van der Waals surface area contributed by atoms with E-state index in [1.54, 1.807) is 0 Å². The summed E-state index contributed by atoms with van der Waals surface area (Å²) in [5.74, 6) is 0. The average molecular weight is 426 g/mol. The van der Waals surface area contributed by atoms with E-state index in [0.29, 0.717) is 0 Å². The van der Waals surface area contributed by atoms with Crippen LogP contribution in [0.15, 0.2) is 121 Å². The normalized spacial score (nSPS) is 10.2. The van der Waals surface area contributed by atoms with E-state index in [-0.39, 0.29) is 4.70 Å². The first-order valence-electron chi connectivity index (χ1n) is 9.19. The molecule has 0 aromatic heterocycles. The Kier molecular flexibility index (Phi) is 8.82. The van der Waals surface area contributed by atoms with Crippen molar-refractivity contribution < 1.29 is 17.7 Å². The molecule has 0 aliphatic carbocycles. The molecule has 0 N–H and O–H groups in total. The van der Waals surface area contributed by atoms with Gasteiger partial charge in [-0.15, -0.1) is 0 Å². The van der Waals surface area contributed by atoms with Crippen molar-refractivity contribution >= 4 is 36.0 Å². The molecule has 0 heterocycles. The fourth-order valence-electron chi connectivity index (χ4n) is 3.50. The molecule has 0 saturated heterocycles. The molecule has 4 rings (SSSR count). The average Bonchev–Trinajstić information content (AvgIpc) is 2.77. The van der Waals surface area contributed by atoms with Gasteiger partial charge in [0, 0.05) is 0 Å². The highest BCUT2D eigenvalue weighted by molar-refractivity contribution is 8.01. The molecule has 4 aromatic rings. The van der Waals surface area contributed by atoms with Crippen molar-refractivity contribution in [1.82, 2.24) is 0 Å². The van der Waals surface area contributed by atoms with Crippen LogP contribution >= 0.6 is 7.26 Å². The van der Waals surface area contributed by atoms with Crippen LogP contribution in [0.2, 0.25) is 0 Å². The Morgan fingerprint density at radius 2 is 0.567 bits per heavy atom. The second-order valence-corrected chi connectivity index (χ2v) is 9.67. The Balaban J connectivity index is 0.000000591. The van der Waals surface area contributed by atoms with Crippen molar-refractivity contribution in [3.63, 3.8) is 0 Å². The summed E-state index contributed by atoms with van der Waals surface area (Å²) in [6.45, 7) is 0. The molecule has 0 aliphatic rings. The van der Waals surface area contributed by atoms with Gasteiger partial charge in [0.05, 0.1) is 0 Å². The van der Waals surface area contributed by atoms with Gasteiger partial charge in [0.15, 0.2) is 0 Å². The number of benzene rings is 4. The quantitative estimate of drug-likeness (QED) is 0.267. The van der Waals surface area contributed by atoms with Gasteiger partial charge in [-0.25, -0.2) is 0 Å². The summed E-state index contributed by atoms with van der Waals surface area (Å²) in [6, 6.07) is 43.8. The summed E-state index contributed by atoms with van der Waals surface area (Å²) in [5.41, 5.74) is 0. The standard InChI is InChI=1S/C24H20P.BF3.FH/c1-5-13-21(14-6-1)25(22-15-7-2-8-16-22,23-17-9-3-10-18-23)24-19-11-4-12-20-24;2-1(3)4;/h1-20H;;1H/q+1;;/p-1. The molecule has 0 atom stereocenters. The predicted octanol–water partition coefficient (Wildman–Crippen LogP) is 2.19. The third kappa shape index (κ3) is 5.17. The summed E-state index contributed by atoms with van der Waals surface area (Å²) >= 11 is 0. The van der Waals surface area contributed by atoms with Gasteiger partial charge < -0.3 is 4.70 Å². The van der Waals surface area contributed by atoms with Crippen LogP contribution in [-0.2, 0) is 0 Å². The van der Waals surface area contributed by atoms with Gasteiger partial charge >= 0.3 is 7.54 Å². The molecule has 30 heavy (non-hydrogen) atoms. The maximum Gasteiger partial charge on any atom is 0.762 e. The Hall–Kier alpha value is -2.91. The third-order valence-electron chi connectivity index (χ3n) is 4.57. The smallest absolute Gasteiger partial charge is 0.762 e. The second kappa shape index (κ2) is 11.3. The Morgan fingerprint density at radius 1 is 0.400 bits per heavy atom. The Morgan fingerprint density at radius 3 is 0.733 bits per heavy atom. The lowest BCUT2D eigenvalue weighted by molar-refractivity contribution is -0.00000835. The van der Waals surface area contributed by atoms with Crippen molar-refractivity contribution in [3.8, 4) is 0 Å². The zero-order valence-electron chi connectivity index (χ0n) is 16.1. The van der Waals surface area contributed by atoms with E-state index in [1.165, 1.54) is 21.2 Å². The highest BCUT2D eigenvalue weighted by Crippen LogP contribution is 2.53. The van der Waals surface area contributed by atoms with Gasteiger partial charge in [0.2, 0.25) is 0 Å². The van der Waals surface area contributed by atoms with Crippen LogP contribution in [0.3, 0.4) is 0 Å². The molecule has 0 spiro atoms. The van der Waals surface area contributed by atoms with Gasteiger partial charge in [0.25, 0.3) is 0 Å². The number of hydrogen-bond donors (Lipinski definition) is 0.